The highest BCUT2D eigenvalue weighted by Crippen LogP contribution is 2.24. The van der Waals surface area contributed by atoms with Gasteiger partial charge in [0.15, 0.2) is 0 Å². The first-order valence-corrected chi connectivity index (χ1v) is 7.25. The van der Waals surface area contributed by atoms with Gasteiger partial charge in [0.2, 0.25) is 5.78 Å². The number of pyridine rings is 1. The number of aromatic nitrogens is 3. The van der Waals surface area contributed by atoms with E-state index in [2.05, 4.69) is 14.6 Å². The standard InChI is InChI=1S/C14H17N3O2S/c1-8(2)12-14(20-17-16-12)13(18)10-5-11(7-15-6-10)19-9(3)4/h5-9H,1-4H3. The molecule has 0 bridgehead atoms. The van der Waals surface area contributed by atoms with Crippen molar-refractivity contribution in [1.29, 1.82) is 0 Å². The van der Waals surface area contributed by atoms with Gasteiger partial charge in [-0.2, -0.15) is 0 Å². The van der Waals surface area contributed by atoms with Gasteiger partial charge >= 0.3 is 0 Å². The summed E-state index contributed by atoms with van der Waals surface area (Å²) in [4.78, 5) is 17.1. The maximum absolute atomic E-state index is 12.5. The van der Waals surface area contributed by atoms with E-state index >= 15 is 0 Å². The highest BCUT2D eigenvalue weighted by atomic mass is 32.1. The zero-order chi connectivity index (χ0) is 14.7. The molecule has 0 atom stereocenters. The van der Waals surface area contributed by atoms with Gasteiger partial charge in [-0.15, -0.1) is 5.10 Å². The van der Waals surface area contributed by atoms with Crippen LogP contribution in [0.5, 0.6) is 5.75 Å². The molecule has 2 heterocycles. The van der Waals surface area contributed by atoms with Crippen molar-refractivity contribution in [3.63, 3.8) is 0 Å². The van der Waals surface area contributed by atoms with E-state index in [1.807, 2.05) is 27.7 Å². The lowest BCUT2D eigenvalue weighted by atomic mass is 10.0. The van der Waals surface area contributed by atoms with Crippen LogP contribution in [0.4, 0.5) is 0 Å². The average molecular weight is 291 g/mol. The Bertz CT molecular complexity index is 608. The summed E-state index contributed by atoms with van der Waals surface area (Å²) in [5.74, 6) is 0.649. The van der Waals surface area contributed by atoms with Crippen molar-refractivity contribution in [3.05, 3.63) is 34.6 Å². The minimum absolute atomic E-state index is 0.0402. The first kappa shape index (κ1) is 14.6. The van der Waals surface area contributed by atoms with E-state index in [0.717, 1.165) is 17.2 Å². The van der Waals surface area contributed by atoms with E-state index in [-0.39, 0.29) is 17.8 Å². The number of rotatable bonds is 5. The maximum atomic E-state index is 12.5. The lowest BCUT2D eigenvalue weighted by Gasteiger charge is -2.10. The second kappa shape index (κ2) is 6.09. The molecule has 0 unspecified atom stereocenters. The summed E-state index contributed by atoms with van der Waals surface area (Å²) in [6, 6.07) is 1.71. The zero-order valence-electron chi connectivity index (χ0n) is 12.0. The predicted octanol–water partition coefficient (Wildman–Crippen LogP) is 3.07. The molecule has 0 saturated heterocycles. The normalized spacial score (nSPS) is 11.1. The number of hydrogen-bond donors (Lipinski definition) is 0. The third-order valence-corrected chi connectivity index (χ3v) is 3.35. The lowest BCUT2D eigenvalue weighted by Crippen LogP contribution is -2.08. The zero-order valence-corrected chi connectivity index (χ0v) is 12.8. The Kier molecular flexibility index (Phi) is 4.44. The van der Waals surface area contributed by atoms with E-state index in [4.69, 9.17) is 4.74 Å². The van der Waals surface area contributed by atoms with Crippen LogP contribution in [0, 0.1) is 0 Å². The van der Waals surface area contributed by atoms with Gasteiger partial charge in [-0.1, -0.05) is 18.3 Å². The van der Waals surface area contributed by atoms with E-state index in [9.17, 15) is 4.79 Å². The van der Waals surface area contributed by atoms with Crippen molar-refractivity contribution >= 4 is 17.3 Å². The van der Waals surface area contributed by atoms with Gasteiger partial charge in [-0.3, -0.25) is 9.78 Å². The van der Waals surface area contributed by atoms with Crippen LogP contribution >= 0.6 is 11.5 Å². The highest BCUT2D eigenvalue weighted by molar-refractivity contribution is 7.08. The van der Waals surface area contributed by atoms with Gasteiger partial charge in [0.25, 0.3) is 0 Å². The average Bonchev–Trinajstić information content (AvgIpc) is 2.86. The van der Waals surface area contributed by atoms with E-state index in [1.165, 1.54) is 0 Å². The minimum Gasteiger partial charge on any atom is -0.489 e. The molecule has 20 heavy (non-hydrogen) atoms. The molecular weight excluding hydrogens is 274 g/mol. The molecule has 2 rings (SSSR count). The Morgan fingerprint density at radius 2 is 2.00 bits per heavy atom. The Hall–Kier alpha value is -1.82. The molecule has 2 aromatic heterocycles. The molecule has 0 fully saturated rings. The molecule has 0 radical (unpaired) electrons. The molecule has 0 aliphatic carbocycles. The molecule has 6 heteroatoms. The van der Waals surface area contributed by atoms with Crippen LogP contribution in [0.15, 0.2) is 18.5 Å². The fraction of sp³-hybridized carbons (Fsp3) is 0.429. The number of carbonyl (C=O) groups excluding carboxylic acids is 1. The summed E-state index contributed by atoms with van der Waals surface area (Å²) in [7, 11) is 0. The van der Waals surface area contributed by atoms with Crippen LogP contribution < -0.4 is 4.74 Å². The number of nitrogens with zero attached hydrogens (tertiary/aromatic N) is 3. The van der Waals surface area contributed by atoms with E-state index in [1.54, 1.807) is 18.5 Å². The van der Waals surface area contributed by atoms with Gasteiger partial charge in [-0.25, -0.2) is 0 Å². The van der Waals surface area contributed by atoms with Crippen LogP contribution in [-0.4, -0.2) is 26.5 Å². The summed E-state index contributed by atoms with van der Waals surface area (Å²) in [5.41, 5.74) is 1.23. The molecule has 0 aromatic carbocycles. The number of ether oxygens (including phenoxy) is 1. The van der Waals surface area contributed by atoms with Crippen LogP contribution in [0.1, 0.15) is 54.5 Å². The van der Waals surface area contributed by atoms with E-state index in [0.29, 0.717) is 16.2 Å². The van der Waals surface area contributed by atoms with E-state index < -0.39 is 0 Å². The molecule has 0 amide bonds. The fourth-order valence-corrected chi connectivity index (χ4v) is 2.52. The van der Waals surface area contributed by atoms with Gasteiger partial charge < -0.3 is 4.74 Å². The Morgan fingerprint density at radius 3 is 2.65 bits per heavy atom. The SMILES string of the molecule is CC(C)Oc1cncc(C(=O)c2snnc2C(C)C)c1. The summed E-state index contributed by atoms with van der Waals surface area (Å²) in [6.07, 6.45) is 3.18. The fourth-order valence-electron chi connectivity index (χ4n) is 1.74. The molecule has 0 saturated carbocycles. The van der Waals surface area contributed by atoms with Crippen LogP contribution in [0.3, 0.4) is 0 Å². The van der Waals surface area contributed by atoms with Crippen molar-refractivity contribution in [2.75, 3.05) is 0 Å². The molecule has 0 aliphatic heterocycles. The first-order chi connectivity index (χ1) is 9.49. The van der Waals surface area contributed by atoms with Gasteiger partial charge in [0, 0.05) is 11.8 Å². The smallest absolute Gasteiger partial charge is 0.208 e. The largest absolute Gasteiger partial charge is 0.489 e. The van der Waals surface area contributed by atoms with Crippen molar-refractivity contribution < 1.29 is 9.53 Å². The summed E-state index contributed by atoms with van der Waals surface area (Å²) < 4.78 is 9.44. The monoisotopic (exact) mass is 291 g/mol. The summed E-state index contributed by atoms with van der Waals surface area (Å²) in [5, 5.41) is 4.03. The Balaban J connectivity index is 2.31. The van der Waals surface area contributed by atoms with Gasteiger partial charge in [0.1, 0.15) is 10.6 Å². The second-order valence-corrected chi connectivity index (χ2v) is 5.80. The van der Waals surface area contributed by atoms with Crippen molar-refractivity contribution in [2.45, 2.75) is 39.7 Å². The molecule has 0 spiro atoms. The lowest BCUT2D eigenvalue weighted by molar-refractivity contribution is 0.104. The first-order valence-electron chi connectivity index (χ1n) is 6.47. The topological polar surface area (TPSA) is 65.0 Å². The number of carbonyl (C=O) groups is 1. The molecule has 0 N–H and O–H groups in total. The predicted molar refractivity (Wildman–Crippen MR) is 77.4 cm³/mol. The maximum Gasteiger partial charge on any atom is 0.208 e. The second-order valence-electron chi connectivity index (χ2n) is 5.05. The minimum atomic E-state index is -0.106. The Labute approximate surface area is 122 Å². The molecule has 2 aromatic rings. The van der Waals surface area contributed by atoms with Crippen LogP contribution in [-0.2, 0) is 0 Å². The van der Waals surface area contributed by atoms with Crippen LogP contribution in [0.2, 0.25) is 0 Å². The van der Waals surface area contributed by atoms with Crippen LogP contribution in [0.25, 0.3) is 0 Å². The number of ketones is 1. The summed E-state index contributed by atoms with van der Waals surface area (Å²) >= 11 is 1.12. The van der Waals surface area contributed by atoms with Gasteiger partial charge in [-0.05, 0) is 37.4 Å². The third-order valence-electron chi connectivity index (χ3n) is 2.61. The van der Waals surface area contributed by atoms with Gasteiger partial charge in [0.05, 0.1) is 18.0 Å². The molecule has 106 valence electrons. The van der Waals surface area contributed by atoms with Crippen molar-refractivity contribution in [3.8, 4) is 5.75 Å². The molecule has 0 aliphatic rings. The molecule has 5 nitrogen and oxygen atoms in total. The number of hydrogen-bond acceptors (Lipinski definition) is 6. The van der Waals surface area contributed by atoms with Crippen molar-refractivity contribution in [2.24, 2.45) is 0 Å². The molecular formula is C14H17N3O2S. The quantitative estimate of drug-likeness (QED) is 0.792. The van der Waals surface area contributed by atoms with Crippen molar-refractivity contribution in [1.82, 2.24) is 14.6 Å². The Morgan fingerprint density at radius 1 is 1.25 bits per heavy atom. The highest BCUT2D eigenvalue weighted by Gasteiger charge is 2.20. The third kappa shape index (κ3) is 3.19. The summed E-state index contributed by atoms with van der Waals surface area (Å²) in [6.45, 7) is 7.84.